The SMILES string of the molecule is COC(C)CNC(=O)C1=NCc2cc(CC(=O)C[C@H](C)c3ccccc3)ncc21. The van der Waals surface area contributed by atoms with Gasteiger partial charge in [-0.2, -0.15) is 0 Å². The van der Waals surface area contributed by atoms with E-state index in [0.717, 1.165) is 22.4 Å². The fourth-order valence-corrected chi connectivity index (χ4v) is 3.35. The first kappa shape index (κ1) is 20.9. The number of benzene rings is 1. The number of rotatable bonds is 9. The van der Waals surface area contributed by atoms with Crippen LogP contribution in [0.25, 0.3) is 0 Å². The van der Waals surface area contributed by atoms with Crippen LogP contribution in [0.4, 0.5) is 0 Å². The van der Waals surface area contributed by atoms with Crippen LogP contribution >= 0.6 is 0 Å². The molecule has 2 heterocycles. The molecule has 0 radical (unpaired) electrons. The first-order valence-electron chi connectivity index (χ1n) is 9.88. The van der Waals surface area contributed by atoms with Crippen molar-refractivity contribution in [2.45, 2.75) is 45.3 Å². The van der Waals surface area contributed by atoms with Crippen LogP contribution in [0, 0.1) is 0 Å². The van der Waals surface area contributed by atoms with Crippen molar-refractivity contribution in [1.82, 2.24) is 10.3 Å². The van der Waals surface area contributed by atoms with E-state index in [0.29, 0.717) is 25.2 Å². The van der Waals surface area contributed by atoms with Gasteiger partial charge in [0.05, 0.1) is 12.6 Å². The third-order valence-corrected chi connectivity index (χ3v) is 5.16. The lowest BCUT2D eigenvalue weighted by Crippen LogP contribution is -2.36. The van der Waals surface area contributed by atoms with Crippen LogP contribution in [0.5, 0.6) is 0 Å². The Hall–Kier alpha value is -2.86. The number of aliphatic imine (C=N–C) groups is 1. The Labute approximate surface area is 171 Å². The van der Waals surface area contributed by atoms with E-state index in [1.165, 1.54) is 0 Å². The molecule has 0 saturated carbocycles. The topological polar surface area (TPSA) is 80.6 Å². The van der Waals surface area contributed by atoms with Gasteiger partial charge in [-0.3, -0.25) is 19.6 Å². The number of Topliss-reactive ketones (excluding diaryl/α,β-unsaturated/α-hetero) is 1. The lowest BCUT2D eigenvalue weighted by molar-refractivity contribution is -0.119. The maximum atomic E-state index is 12.5. The van der Waals surface area contributed by atoms with Crippen LogP contribution < -0.4 is 5.32 Å². The van der Waals surface area contributed by atoms with E-state index in [-0.39, 0.29) is 30.1 Å². The molecule has 3 rings (SSSR count). The minimum atomic E-state index is -0.227. The summed E-state index contributed by atoms with van der Waals surface area (Å²) in [4.78, 5) is 33.6. The quantitative estimate of drug-likeness (QED) is 0.710. The molecule has 1 unspecified atom stereocenters. The Morgan fingerprint density at radius 2 is 1.97 bits per heavy atom. The second kappa shape index (κ2) is 9.56. The van der Waals surface area contributed by atoms with Gasteiger partial charge in [-0.05, 0) is 30.0 Å². The van der Waals surface area contributed by atoms with Gasteiger partial charge in [0.15, 0.2) is 0 Å². The van der Waals surface area contributed by atoms with E-state index in [9.17, 15) is 9.59 Å². The molecular formula is C23H27N3O3. The molecule has 29 heavy (non-hydrogen) atoms. The maximum Gasteiger partial charge on any atom is 0.270 e. The van der Waals surface area contributed by atoms with Crippen LogP contribution in [0.2, 0.25) is 0 Å². The lowest BCUT2D eigenvalue weighted by atomic mass is 9.94. The Balaban J connectivity index is 1.59. The summed E-state index contributed by atoms with van der Waals surface area (Å²) in [5, 5.41) is 2.82. The van der Waals surface area contributed by atoms with E-state index in [4.69, 9.17) is 4.74 Å². The lowest BCUT2D eigenvalue weighted by Gasteiger charge is -2.12. The Kier molecular flexibility index (Phi) is 6.88. The normalized spacial score (nSPS) is 14.7. The average molecular weight is 393 g/mol. The highest BCUT2D eigenvalue weighted by Gasteiger charge is 2.23. The molecule has 1 aliphatic rings. The van der Waals surface area contributed by atoms with Crippen molar-refractivity contribution in [3.05, 3.63) is 65.0 Å². The van der Waals surface area contributed by atoms with Gasteiger partial charge in [0.25, 0.3) is 5.91 Å². The molecule has 152 valence electrons. The monoisotopic (exact) mass is 393 g/mol. The maximum absolute atomic E-state index is 12.5. The number of aromatic nitrogens is 1. The van der Waals surface area contributed by atoms with E-state index >= 15 is 0 Å². The molecule has 1 aromatic carbocycles. The van der Waals surface area contributed by atoms with E-state index in [2.05, 4.69) is 22.2 Å². The number of nitrogens with zero attached hydrogens (tertiary/aromatic N) is 2. The van der Waals surface area contributed by atoms with Crippen molar-refractivity contribution in [3.8, 4) is 0 Å². The van der Waals surface area contributed by atoms with Crippen LogP contribution in [0.3, 0.4) is 0 Å². The molecule has 0 fully saturated rings. The highest BCUT2D eigenvalue weighted by atomic mass is 16.5. The van der Waals surface area contributed by atoms with Crippen LogP contribution in [0.15, 0.2) is 47.6 Å². The number of ether oxygens (including phenoxy) is 1. The van der Waals surface area contributed by atoms with E-state index in [1.54, 1.807) is 13.3 Å². The molecule has 0 bridgehead atoms. The summed E-state index contributed by atoms with van der Waals surface area (Å²) in [5.41, 5.74) is 3.95. The van der Waals surface area contributed by atoms with Crippen LogP contribution in [-0.4, -0.2) is 42.1 Å². The second-order valence-electron chi connectivity index (χ2n) is 7.49. The van der Waals surface area contributed by atoms with Gasteiger partial charge in [0, 0.05) is 44.0 Å². The number of hydrogen-bond acceptors (Lipinski definition) is 5. The number of fused-ring (bicyclic) bond motifs is 1. The van der Waals surface area contributed by atoms with Crippen LogP contribution in [-0.2, 0) is 27.3 Å². The summed E-state index contributed by atoms with van der Waals surface area (Å²) in [5.74, 6) is 0.0976. The summed E-state index contributed by atoms with van der Waals surface area (Å²) < 4.78 is 5.14. The highest BCUT2D eigenvalue weighted by Crippen LogP contribution is 2.22. The number of pyridine rings is 1. The first-order chi connectivity index (χ1) is 14.0. The number of amides is 1. The fourth-order valence-electron chi connectivity index (χ4n) is 3.35. The van der Waals surface area contributed by atoms with Crippen molar-refractivity contribution in [3.63, 3.8) is 0 Å². The van der Waals surface area contributed by atoms with Gasteiger partial charge >= 0.3 is 0 Å². The second-order valence-corrected chi connectivity index (χ2v) is 7.49. The van der Waals surface area contributed by atoms with Gasteiger partial charge in [-0.15, -0.1) is 0 Å². The van der Waals surface area contributed by atoms with Crippen molar-refractivity contribution in [2.24, 2.45) is 4.99 Å². The number of hydrogen-bond donors (Lipinski definition) is 1. The van der Waals surface area contributed by atoms with Gasteiger partial charge in [-0.25, -0.2) is 0 Å². The summed E-state index contributed by atoms with van der Waals surface area (Å²) in [6, 6.07) is 11.9. The predicted octanol–water partition coefficient (Wildman–Crippen LogP) is 2.84. The standard InChI is InChI=1S/C23H27N3O3/c1-15(17-7-5-4-6-8-17)9-20(27)11-19-10-18-13-25-22(21(18)14-24-19)23(28)26-12-16(2)29-3/h4-8,10,14-16H,9,11-13H2,1-3H3,(H,26,28)/t15-,16?/m0/s1. The zero-order valence-electron chi connectivity index (χ0n) is 17.1. The summed E-state index contributed by atoms with van der Waals surface area (Å²) >= 11 is 0. The number of ketones is 1. The smallest absolute Gasteiger partial charge is 0.270 e. The first-order valence-corrected chi connectivity index (χ1v) is 9.88. The molecule has 6 nitrogen and oxygen atoms in total. The van der Waals surface area contributed by atoms with Gasteiger partial charge in [0.1, 0.15) is 11.5 Å². The number of methoxy groups -OCH3 is 1. The van der Waals surface area contributed by atoms with E-state index < -0.39 is 0 Å². The highest BCUT2D eigenvalue weighted by molar-refractivity contribution is 6.46. The summed E-state index contributed by atoms with van der Waals surface area (Å²) in [6.07, 6.45) is 2.36. The Morgan fingerprint density at radius 3 is 2.69 bits per heavy atom. The average Bonchev–Trinajstić information content (AvgIpc) is 3.15. The van der Waals surface area contributed by atoms with Crippen LogP contribution in [0.1, 0.15) is 48.6 Å². The molecule has 1 aliphatic heterocycles. The fraction of sp³-hybridized carbons (Fsp3) is 0.391. The minimum Gasteiger partial charge on any atom is -0.380 e. The largest absolute Gasteiger partial charge is 0.380 e. The molecule has 2 aromatic rings. The molecule has 0 saturated heterocycles. The van der Waals surface area contributed by atoms with Gasteiger partial charge in [0.2, 0.25) is 0 Å². The molecule has 0 aliphatic carbocycles. The van der Waals surface area contributed by atoms with Crippen molar-refractivity contribution < 1.29 is 14.3 Å². The van der Waals surface area contributed by atoms with Crippen molar-refractivity contribution in [2.75, 3.05) is 13.7 Å². The Bertz CT molecular complexity index is 909. The number of carbonyl (C=O) groups excluding carboxylic acids is 2. The van der Waals surface area contributed by atoms with Crippen molar-refractivity contribution in [1.29, 1.82) is 0 Å². The van der Waals surface area contributed by atoms with Gasteiger partial charge < -0.3 is 10.1 Å². The molecule has 1 aromatic heterocycles. The molecule has 0 spiro atoms. The number of carbonyl (C=O) groups is 2. The molecule has 1 N–H and O–H groups in total. The summed E-state index contributed by atoms with van der Waals surface area (Å²) in [6.45, 7) is 4.80. The zero-order chi connectivity index (χ0) is 20.8. The third-order valence-electron chi connectivity index (χ3n) is 5.16. The Morgan fingerprint density at radius 1 is 1.21 bits per heavy atom. The zero-order valence-corrected chi connectivity index (χ0v) is 17.1. The third kappa shape index (κ3) is 5.35. The number of nitrogens with one attached hydrogen (secondary N) is 1. The molecule has 2 atom stereocenters. The predicted molar refractivity (Wildman–Crippen MR) is 112 cm³/mol. The summed E-state index contributed by atoms with van der Waals surface area (Å²) in [7, 11) is 1.60. The van der Waals surface area contributed by atoms with Gasteiger partial charge in [-0.1, -0.05) is 37.3 Å². The molecule has 6 heteroatoms. The van der Waals surface area contributed by atoms with E-state index in [1.807, 2.05) is 43.3 Å². The molecule has 1 amide bonds. The minimum absolute atomic E-state index is 0.0646. The van der Waals surface area contributed by atoms with Crippen molar-refractivity contribution >= 4 is 17.4 Å². The molecular weight excluding hydrogens is 366 g/mol.